The summed E-state index contributed by atoms with van der Waals surface area (Å²) in [5.41, 5.74) is 5.18. The summed E-state index contributed by atoms with van der Waals surface area (Å²) in [6, 6.07) is 28.9. The van der Waals surface area contributed by atoms with Crippen LogP contribution in [0.1, 0.15) is 36.0 Å². The van der Waals surface area contributed by atoms with Gasteiger partial charge in [-0.1, -0.05) is 60.7 Å². The number of carbonyl (C=O) groups excluding carboxylic acids is 1. The molecule has 1 heterocycles. The molecule has 36 heavy (non-hydrogen) atoms. The number of nitrogens with zero attached hydrogens (tertiary/aromatic N) is 2. The predicted octanol–water partition coefficient (Wildman–Crippen LogP) is 6.37. The van der Waals surface area contributed by atoms with E-state index in [-0.39, 0.29) is 5.91 Å². The first-order valence-corrected chi connectivity index (χ1v) is 12.8. The second-order valence-corrected chi connectivity index (χ2v) is 9.95. The van der Waals surface area contributed by atoms with Gasteiger partial charge in [-0.3, -0.25) is 4.79 Å². The van der Waals surface area contributed by atoms with Crippen molar-refractivity contribution in [2.24, 2.45) is 5.92 Å². The summed E-state index contributed by atoms with van der Waals surface area (Å²) in [6.07, 6.45) is 4.36. The van der Waals surface area contributed by atoms with Crippen molar-refractivity contribution in [3.05, 3.63) is 90.5 Å². The van der Waals surface area contributed by atoms with Crippen LogP contribution in [-0.2, 0) is 0 Å². The monoisotopic (exact) mass is 478 g/mol. The average molecular weight is 479 g/mol. The summed E-state index contributed by atoms with van der Waals surface area (Å²) in [5.74, 6) is 1.46. The highest BCUT2D eigenvalue weighted by molar-refractivity contribution is 5.95. The van der Waals surface area contributed by atoms with Gasteiger partial charge in [0.2, 0.25) is 0 Å². The van der Waals surface area contributed by atoms with Gasteiger partial charge in [-0.05, 0) is 60.9 Å². The van der Waals surface area contributed by atoms with Crippen molar-refractivity contribution in [1.82, 2.24) is 10.3 Å². The second kappa shape index (κ2) is 10.8. The molecule has 5 rings (SSSR count). The van der Waals surface area contributed by atoms with Crippen LogP contribution in [0, 0.1) is 5.92 Å². The summed E-state index contributed by atoms with van der Waals surface area (Å²) in [4.78, 5) is 19.7. The molecular formula is C31H34N4O. The minimum atomic E-state index is 0.00596. The number of nitrogens with one attached hydrogen (secondary N) is 2. The predicted molar refractivity (Wildman–Crippen MR) is 150 cm³/mol. The molecule has 1 fully saturated rings. The average Bonchev–Trinajstić information content (AvgIpc) is 2.92. The number of rotatable bonds is 7. The quantitative estimate of drug-likeness (QED) is 0.324. The van der Waals surface area contributed by atoms with Gasteiger partial charge in [0, 0.05) is 49.4 Å². The van der Waals surface area contributed by atoms with Crippen molar-refractivity contribution >= 4 is 28.3 Å². The zero-order valence-corrected chi connectivity index (χ0v) is 21.1. The number of aromatic nitrogens is 1. The lowest BCUT2D eigenvalue weighted by Crippen LogP contribution is -2.34. The molecule has 5 heteroatoms. The number of pyridine rings is 1. The Morgan fingerprint density at radius 2 is 1.53 bits per heavy atom. The van der Waals surface area contributed by atoms with Gasteiger partial charge in [-0.25, -0.2) is 4.98 Å². The molecule has 0 aliphatic heterocycles. The van der Waals surface area contributed by atoms with Gasteiger partial charge in [0.15, 0.2) is 0 Å². The van der Waals surface area contributed by atoms with Gasteiger partial charge in [-0.15, -0.1) is 0 Å². The number of fused-ring (bicyclic) bond motifs is 1. The molecule has 1 aromatic heterocycles. The zero-order chi connectivity index (χ0) is 24.9. The fourth-order valence-electron chi connectivity index (χ4n) is 5.10. The highest BCUT2D eigenvalue weighted by atomic mass is 16.1. The standard InChI is InChI=1S/C31H34N4O/c1-35(2)29-20-30(34-28-11-7-6-10-27(28)29)33-26-18-12-22(13-19-26)21-32-31(36)25-16-14-24(15-17-25)23-8-4-3-5-9-23/h3-11,14-17,20,22,26H,12-13,18-19,21H2,1-2H3,(H,32,36)(H,33,34)/t22-,26+. The number of hydrogen-bond acceptors (Lipinski definition) is 4. The maximum absolute atomic E-state index is 12.7. The summed E-state index contributed by atoms with van der Waals surface area (Å²) in [6.45, 7) is 0.727. The van der Waals surface area contributed by atoms with Crippen molar-refractivity contribution < 1.29 is 4.79 Å². The van der Waals surface area contributed by atoms with Crippen molar-refractivity contribution in [1.29, 1.82) is 0 Å². The summed E-state index contributed by atoms with van der Waals surface area (Å²) in [7, 11) is 4.14. The molecule has 0 saturated heterocycles. The molecule has 1 saturated carbocycles. The molecule has 1 aliphatic carbocycles. The molecule has 0 spiro atoms. The smallest absolute Gasteiger partial charge is 0.251 e. The van der Waals surface area contributed by atoms with E-state index in [1.54, 1.807) is 0 Å². The first kappa shape index (κ1) is 23.9. The fraction of sp³-hybridized carbons (Fsp3) is 0.290. The lowest BCUT2D eigenvalue weighted by atomic mass is 9.86. The molecule has 0 radical (unpaired) electrons. The zero-order valence-electron chi connectivity index (χ0n) is 21.1. The molecule has 5 nitrogen and oxygen atoms in total. The molecule has 2 N–H and O–H groups in total. The van der Waals surface area contributed by atoms with Crippen LogP contribution < -0.4 is 15.5 Å². The Kier molecular flexibility index (Phi) is 7.17. The SMILES string of the molecule is CN(C)c1cc(N[C@H]2CC[C@@H](CNC(=O)c3ccc(-c4ccccc4)cc3)CC2)nc2ccccc12. The van der Waals surface area contributed by atoms with Gasteiger partial charge in [0.1, 0.15) is 5.82 Å². The Hall–Kier alpha value is -3.86. The molecule has 184 valence electrons. The molecule has 1 aliphatic rings. The number of benzene rings is 3. The molecular weight excluding hydrogens is 444 g/mol. The highest BCUT2D eigenvalue weighted by Gasteiger charge is 2.22. The second-order valence-electron chi connectivity index (χ2n) is 9.95. The molecule has 4 aromatic rings. The fourth-order valence-corrected chi connectivity index (χ4v) is 5.10. The summed E-state index contributed by atoms with van der Waals surface area (Å²) in [5, 5.41) is 8.00. The van der Waals surface area contributed by atoms with E-state index < -0.39 is 0 Å². The van der Waals surface area contributed by atoms with Crippen molar-refractivity contribution in [3.8, 4) is 11.1 Å². The van der Waals surface area contributed by atoms with Crippen LogP contribution >= 0.6 is 0 Å². The Morgan fingerprint density at radius 3 is 2.25 bits per heavy atom. The van der Waals surface area contributed by atoms with E-state index >= 15 is 0 Å². The molecule has 3 aromatic carbocycles. The van der Waals surface area contributed by atoms with Crippen molar-refractivity contribution in [2.45, 2.75) is 31.7 Å². The van der Waals surface area contributed by atoms with Crippen LogP contribution in [0.2, 0.25) is 0 Å². The van der Waals surface area contributed by atoms with E-state index in [9.17, 15) is 4.79 Å². The topological polar surface area (TPSA) is 57.3 Å². The summed E-state index contributed by atoms with van der Waals surface area (Å²) < 4.78 is 0. The maximum atomic E-state index is 12.7. The normalized spacial score (nSPS) is 17.5. The van der Waals surface area contributed by atoms with Crippen LogP contribution in [0.4, 0.5) is 11.5 Å². The molecule has 1 amide bonds. The van der Waals surface area contributed by atoms with Crippen molar-refractivity contribution in [3.63, 3.8) is 0 Å². The lowest BCUT2D eigenvalue weighted by Gasteiger charge is -2.30. The van der Waals surface area contributed by atoms with E-state index in [0.717, 1.165) is 54.7 Å². The van der Waals surface area contributed by atoms with Crippen molar-refractivity contribution in [2.75, 3.05) is 30.9 Å². The first-order valence-electron chi connectivity index (χ1n) is 12.8. The van der Waals surface area contributed by atoms with Gasteiger partial charge in [0.25, 0.3) is 5.91 Å². The van der Waals surface area contributed by atoms with Gasteiger partial charge < -0.3 is 15.5 Å². The third-order valence-electron chi connectivity index (χ3n) is 7.18. The first-order chi connectivity index (χ1) is 17.6. The minimum Gasteiger partial charge on any atom is -0.377 e. The maximum Gasteiger partial charge on any atom is 0.251 e. The van der Waals surface area contributed by atoms with E-state index in [0.29, 0.717) is 17.5 Å². The number of hydrogen-bond donors (Lipinski definition) is 2. The third kappa shape index (κ3) is 5.51. The summed E-state index contributed by atoms with van der Waals surface area (Å²) >= 11 is 0. The van der Waals surface area contributed by atoms with Gasteiger partial charge in [-0.2, -0.15) is 0 Å². The Morgan fingerprint density at radius 1 is 0.861 bits per heavy atom. The van der Waals surface area contributed by atoms with Crippen LogP contribution in [0.3, 0.4) is 0 Å². The van der Waals surface area contributed by atoms with Crippen LogP contribution in [0.15, 0.2) is 84.9 Å². The number of amides is 1. The molecule has 0 atom stereocenters. The Bertz CT molecular complexity index is 1310. The van der Waals surface area contributed by atoms with E-state index in [2.05, 4.69) is 66.0 Å². The van der Waals surface area contributed by atoms with E-state index in [1.807, 2.05) is 48.5 Å². The number of carbonyl (C=O) groups is 1. The van der Waals surface area contributed by atoms with Crippen LogP contribution in [0.5, 0.6) is 0 Å². The lowest BCUT2D eigenvalue weighted by molar-refractivity contribution is 0.0943. The van der Waals surface area contributed by atoms with Gasteiger partial charge in [0.05, 0.1) is 5.52 Å². The van der Waals surface area contributed by atoms with E-state index in [1.165, 1.54) is 11.1 Å². The largest absolute Gasteiger partial charge is 0.377 e. The number of para-hydroxylation sites is 1. The number of anilines is 2. The van der Waals surface area contributed by atoms with Crippen LogP contribution in [-0.4, -0.2) is 37.6 Å². The Labute approximate surface area is 213 Å². The minimum absolute atomic E-state index is 0.00596. The highest BCUT2D eigenvalue weighted by Crippen LogP contribution is 2.30. The third-order valence-corrected chi connectivity index (χ3v) is 7.18. The molecule has 0 unspecified atom stereocenters. The Balaban J connectivity index is 1.12. The molecule has 0 bridgehead atoms. The van der Waals surface area contributed by atoms with Crippen LogP contribution in [0.25, 0.3) is 22.0 Å². The van der Waals surface area contributed by atoms with Gasteiger partial charge >= 0.3 is 0 Å². The van der Waals surface area contributed by atoms with E-state index in [4.69, 9.17) is 4.98 Å².